The lowest BCUT2D eigenvalue weighted by Crippen LogP contribution is -2.36. The van der Waals surface area contributed by atoms with Gasteiger partial charge in [0.15, 0.2) is 0 Å². The molecule has 112 valence electrons. The maximum atomic E-state index is 3.87. The second-order valence-corrected chi connectivity index (χ2v) is 7.06. The van der Waals surface area contributed by atoms with Crippen molar-refractivity contribution in [2.75, 3.05) is 6.54 Å². The molecular formula is C19H31N. The van der Waals surface area contributed by atoms with Gasteiger partial charge in [0.25, 0.3) is 0 Å². The summed E-state index contributed by atoms with van der Waals surface area (Å²) >= 11 is 0. The molecule has 2 rings (SSSR count). The van der Waals surface area contributed by atoms with Crippen molar-refractivity contribution in [2.45, 2.75) is 72.8 Å². The Hall–Kier alpha value is -0.820. The highest BCUT2D eigenvalue weighted by atomic mass is 14.9. The van der Waals surface area contributed by atoms with Gasteiger partial charge in [0.05, 0.1) is 0 Å². The fraction of sp³-hybridized carbons (Fsp3) is 0.684. The lowest BCUT2D eigenvalue weighted by Gasteiger charge is -2.37. The molecule has 0 aromatic heterocycles. The summed E-state index contributed by atoms with van der Waals surface area (Å²) in [5.74, 6) is 0. The maximum absolute atomic E-state index is 3.87. The molecule has 20 heavy (non-hydrogen) atoms. The average Bonchev–Trinajstić information content (AvgIpc) is 2.80. The summed E-state index contributed by atoms with van der Waals surface area (Å²) in [7, 11) is 0. The monoisotopic (exact) mass is 273 g/mol. The topological polar surface area (TPSA) is 12.0 Å². The fourth-order valence-electron chi connectivity index (χ4n) is 4.10. The van der Waals surface area contributed by atoms with Crippen LogP contribution in [0.5, 0.6) is 0 Å². The lowest BCUT2D eigenvalue weighted by atomic mass is 9.74. The van der Waals surface area contributed by atoms with Gasteiger partial charge in [-0.05, 0) is 68.7 Å². The highest BCUT2D eigenvalue weighted by Crippen LogP contribution is 2.48. The summed E-state index contributed by atoms with van der Waals surface area (Å²) in [4.78, 5) is 0. The average molecular weight is 273 g/mol. The highest BCUT2D eigenvalue weighted by Gasteiger charge is 2.38. The van der Waals surface area contributed by atoms with Gasteiger partial charge in [-0.3, -0.25) is 0 Å². The van der Waals surface area contributed by atoms with Crippen LogP contribution in [-0.2, 0) is 0 Å². The van der Waals surface area contributed by atoms with Gasteiger partial charge in [-0.1, -0.05) is 44.4 Å². The molecular weight excluding hydrogens is 242 g/mol. The maximum Gasteiger partial charge on any atom is 0.0379 e. The number of rotatable bonds is 5. The van der Waals surface area contributed by atoms with E-state index in [4.69, 9.17) is 0 Å². The Morgan fingerprint density at radius 2 is 1.65 bits per heavy atom. The first kappa shape index (κ1) is 15.6. The van der Waals surface area contributed by atoms with Crippen LogP contribution in [0.15, 0.2) is 12.1 Å². The predicted molar refractivity (Wildman–Crippen MR) is 88.3 cm³/mol. The predicted octanol–water partition coefficient (Wildman–Crippen LogP) is 5.23. The van der Waals surface area contributed by atoms with E-state index < -0.39 is 0 Å². The Labute approximate surface area is 125 Å². The molecule has 1 aliphatic carbocycles. The molecule has 1 aromatic rings. The van der Waals surface area contributed by atoms with Crippen molar-refractivity contribution in [1.29, 1.82) is 0 Å². The molecule has 1 N–H and O–H groups in total. The SMILES string of the molecule is CCCNC(c1c(C)cc(C)cc1C)C1(C)CCCC1. The molecule has 0 aliphatic heterocycles. The summed E-state index contributed by atoms with van der Waals surface area (Å²) in [6.45, 7) is 12.6. The summed E-state index contributed by atoms with van der Waals surface area (Å²) in [6, 6.07) is 5.22. The fourth-order valence-corrected chi connectivity index (χ4v) is 4.10. The molecule has 1 aromatic carbocycles. The van der Waals surface area contributed by atoms with E-state index in [-0.39, 0.29) is 0 Å². The summed E-state index contributed by atoms with van der Waals surface area (Å²) < 4.78 is 0. The zero-order chi connectivity index (χ0) is 14.8. The molecule has 0 bridgehead atoms. The van der Waals surface area contributed by atoms with E-state index in [1.54, 1.807) is 5.56 Å². The van der Waals surface area contributed by atoms with Crippen LogP contribution < -0.4 is 5.32 Å². The van der Waals surface area contributed by atoms with Crippen molar-refractivity contribution in [3.05, 3.63) is 34.4 Å². The third kappa shape index (κ3) is 3.09. The molecule has 1 unspecified atom stereocenters. The number of hydrogen-bond acceptors (Lipinski definition) is 1. The van der Waals surface area contributed by atoms with Crippen LogP contribution in [0, 0.1) is 26.2 Å². The number of nitrogens with one attached hydrogen (secondary N) is 1. The smallest absolute Gasteiger partial charge is 0.0379 e. The van der Waals surface area contributed by atoms with Crippen LogP contribution in [0.3, 0.4) is 0 Å². The first-order valence-corrected chi connectivity index (χ1v) is 8.29. The first-order valence-electron chi connectivity index (χ1n) is 8.29. The second-order valence-electron chi connectivity index (χ2n) is 7.06. The largest absolute Gasteiger partial charge is 0.309 e. The van der Waals surface area contributed by atoms with Gasteiger partial charge in [-0.25, -0.2) is 0 Å². The Bertz CT molecular complexity index is 432. The van der Waals surface area contributed by atoms with E-state index in [9.17, 15) is 0 Å². The van der Waals surface area contributed by atoms with E-state index in [0.717, 1.165) is 6.54 Å². The van der Waals surface area contributed by atoms with E-state index in [2.05, 4.69) is 52.1 Å². The Kier molecular flexibility index (Phi) is 4.90. The molecule has 0 saturated heterocycles. The zero-order valence-electron chi connectivity index (χ0n) is 14.0. The summed E-state index contributed by atoms with van der Waals surface area (Å²) in [5, 5.41) is 3.87. The summed E-state index contributed by atoms with van der Waals surface area (Å²) in [6.07, 6.45) is 6.72. The molecule has 1 aliphatic rings. The molecule has 1 heteroatoms. The minimum absolute atomic E-state index is 0.431. The molecule has 1 fully saturated rings. The standard InChI is InChI=1S/C19H31N/c1-6-11-20-18(19(5)9-7-8-10-19)17-15(3)12-14(2)13-16(17)4/h12-13,18,20H,6-11H2,1-5H3. The van der Waals surface area contributed by atoms with E-state index in [0.29, 0.717) is 11.5 Å². The van der Waals surface area contributed by atoms with Gasteiger partial charge in [0.2, 0.25) is 0 Å². The van der Waals surface area contributed by atoms with Crippen molar-refractivity contribution in [1.82, 2.24) is 5.32 Å². The highest BCUT2D eigenvalue weighted by molar-refractivity contribution is 5.40. The minimum atomic E-state index is 0.431. The van der Waals surface area contributed by atoms with Crippen LogP contribution in [0.4, 0.5) is 0 Å². The van der Waals surface area contributed by atoms with Gasteiger partial charge in [-0.2, -0.15) is 0 Å². The third-order valence-electron chi connectivity index (χ3n) is 5.07. The van der Waals surface area contributed by atoms with Crippen molar-refractivity contribution < 1.29 is 0 Å². The van der Waals surface area contributed by atoms with Crippen LogP contribution in [0.2, 0.25) is 0 Å². The summed E-state index contributed by atoms with van der Waals surface area (Å²) in [5.41, 5.74) is 6.30. The first-order chi connectivity index (χ1) is 9.48. The molecule has 0 spiro atoms. The lowest BCUT2D eigenvalue weighted by molar-refractivity contribution is 0.222. The number of benzene rings is 1. The molecule has 0 amide bonds. The van der Waals surface area contributed by atoms with Gasteiger partial charge >= 0.3 is 0 Å². The van der Waals surface area contributed by atoms with Gasteiger partial charge in [0.1, 0.15) is 0 Å². The van der Waals surface area contributed by atoms with Crippen molar-refractivity contribution in [3.8, 4) is 0 Å². The van der Waals surface area contributed by atoms with Crippen LogP contribution in [-0.4, -0.2) is 6.54 Å². The Morgan fingerprint density at radius 1 is 1.10 bits per heavy atom. The molecule has 1 saturated carbocycles. The van der Waals surface area contributed by atoms with Gasteiger partial charge in [0, 0.05) is 6.04 Å². The molecule has 1 atom stereocenters. The Balaban J connectivity index is 2.41. The van der Waals surface area contributed by atoms with E-state index >= 15 is 0 Å². The molecule has 0 radical (unpaired) electrons. The zero-order valence-corrected chi connectivity index (χ0v) is 14.0. The van der Waals surface area contributed by atoms with Crippen molar-refractivity contribution >= 4 is 0 Å². The van der Waals surface area contributed by atoms with Crippen molar-refractivity contribution in [3.63, 3.8) is 0 Å². The second kappa shape index (κ2) is 6.30. The van der Waals surface area contributed by atoms with E-state index in [1.165, 1.54) is 48.8 Å². The van der Waals surface area contributed by atoms with E-state index in [1.807, 2.05) is 0 Å². The minimum Gasteiger partial charge on any atom is -0.309 e. The van der Waals surface area contributed by atoms with Gasteiger partial charge < -0.3 is 5.32 Å². The molecule has 1 nitrogen and oxygen atoms in total. The number of hydrogen-bond donors (Lipinski definition) is 1. The Morgan fingerprint density at radius 3 is 2.15 bits per heavy atom. The van der Waals surface area contributed by atoms with Crippen molar-refractivity contribution in [2.24, 2.45) is 5.41 Å². The van der Waals surface area contributed by atoms with Gasteiger partial charge in [-0.15, -0.1) is 0 Å². The molecule has 0 heterocycles. The van der Waals surface area contributed by atoms with Crippen LogP contribution >= 0.6 is 0 Å². The van der Waals surface area contributed by atoms with Crippen LogP contribution in [0.1, 0.15) is 74.2 Å². The quantitative estimate of drug-likeness (QED) is 0.774. The van der Waals surface area contributed by atoms with Crippen LogP contribution in [0.25, 0.3) is 0 Å². The number of aryl methyl sites for hydroxylation is 3. The third-order valence-corrected chi connectivity index (χ3v) is 5.07. The normalized spacial score (nSPS) is 19.2.